The van der Waals surface area contributed by atoms with E-state index in [-0.39, 0.29) is 0 Å². The van der Waals surface area contributed by atoms with Gasteiger partial charge >= 0.3 is 0 Å². The van der Waals surface area contributed by atoms with Gasteiger partial charge in [0, 0.05) is 19.7 Å². The van der Waals surface area contributed by atoms with Crippen LogP contribution in [0.3, 0.4) is 0 Å². The van der Waals surface area contributed by atoms with Gasteiger partial charge in [-0.2, -0.15) is 0 Å². The summed E-state index contributed by atoms with van der Waals surface area (Å²) in [6.45, 7) is 4.03. The van der Waals surface area contributed by atoms with Crippen molar-refractivity contribution in [3.05, 3.63) is 17.0 Å². The van der Waals surface area contributed by atoms with Crippen LogP contribution in [0.2, 0.25) is 0 Å². The largest absolute Gasteiger partial charge is 0.381 e. The van der Waals surface area contributed by atoms with E-state index in [2.05, 4.69) is 30.8 Å². The zero-order valence-corrected chi connectivity index (χ0v) is 11.3. The molecule has 0 atom stereocenters. The van der Waals surface area contributed by atoms with Crippen LogP contribution in [0.25, 0.3) is 0 Å². The molecule has 1 aromatic rings. The van der Waals surface area contributed by atoms with E-state index >= 15 is 0 Å². The van der Waals surface area contributed by atoms with Gasteiger partial charge in [-0.1, -0.05) is 0 Å². The minimum Gasteiger partial charge on any atom is -0.381 e. The van der Waals surface area contributed by atoms with Gasteiger partial charge in [-0.15, -0.1) is 0 Å². The Kier molecular flexibility index (Phi) is 3.04. The van der Waals surface area contributed by atoms with Crippen molar-refractivity contribution in [3.63, 3.8) is 0 Å². The summed E-state index contributed by atoms with van der Waals surface area (Å²) in [5.41, 5.74) is 0.458. The molecule has 2 fully saturated rings. The molecule has 0 radical (unpaired) electrons. The lowest BCUT2D eigenvalue weighted by atomic mass is 9.78. The molecule has 0 amide bonds. The summed E-state index contributed by atoms with van der Waals surface area (Å²) in [4.78, 5) is 11.0. The monoisotopic (exact) mass is 297 g/mol. The number of piperidine rings is 1. The standard InChI is InChI=1S/C12H16BrN3O/c13-10-7-15-11(8-14-10)16-4-1-12(2-5-16)3-6-17-9-12/h7-8H,1-6,9H2. The van der Waals surface area contributed by atoms with Crippen LogP contribution in [0.1, 0.15) is 19.3 Å². The van der Waals surface area contributed by atoms with Gasteiger partial charge in [0.25, 0.3) is 0 Å². The lowest BCUT2D eigenvalue weighted by Gasteiger charge is -2.38. The van der Waals surface area contributed by atoms with Gasteiger partial charge in [-0.3, -0.25) is 0 Å². The third-order valence-electron chi connectivity index (χ3n) is 3.94. The SMILES string of the molecule is Brc1cnc(N2CCC3(CCOC3)CC2)cn1. The molecule has 0 N–H and O–H groups in total. The van der Waals surface area contributed by atoms with Crippen molar-refractivity contribution in [2.45, 2.75) is 19.3 Å². The highest BCUT2D eigenvalue weighted by Crippen LogP contribution is 2.39. The third-order valence-corrected chi connectivity index (χ3v) is 4.35. The van der Waals surface area contributed by atoms with Gasteiger partial charge in [0.1, 0.15) is 10.4 Å². The predicted octanol–water partition coefficient (Wildman–Crippen LogP) is 2.25. The number of hydrogen-bond acceptors (Lipinski definition) is 4. The summed E-state index contributed by atoms with van der Waals surface area (Å²) < 4.78 is 6.33. The van der Waals surface area contributed by atoms with E-state index in [1.807, 2.05) is 6.20 Å². The second kappa shape index (κ2) is 4.53. The third kappa shape index (κ3) is 2.31. The fourth-order valence-electron chi connectivity index (χ4n) is 2.72. The Morgan fingerprint density at radius 1 is 1.18 bits per heavy atom. The summed E-state index contributed by atoms with van der Waals surface area (Å²) >= 11 is 3.31. The van der Waals surface area contributed by atoms with Gasteiger partial charge in [-0.25, -0.2) is 9.97 Å². The maximum atomic E-state index is 5.54. The number of aromatic nitrogens is 2. The molecule has 2 saturated heterocycles. The summed E-state index contributed by atoms with van der Waals surface area (Å²) in [5, 5.41) is 0. The molecule has 0 bridgehead atoms. The van der Waals surface area contributed by atoms with Crippen LogP contribution in [-0.4, -0.2) is 36.3 Å². The van der Waals surface area contributed by atoms with Crippen molar-refractivity contribution in [3.8, 4) is 0 Å². The molecule has 0 unspecified atom stereocenters. The minimum absolute atomic E-state index is 0.458. The fraction of sp³-hybridized carbons (Fsp3) is 0.667. The van der Waals surface area contributed by atoms with Crippen LogP contribution in [0.5, 0.6) is 0 Å². The first-order valence-electron chi connectivity index (χ1n) is 6.08. The van der Waals surface area contributed by atoms with Gasteiger partial charge in [0.15, 0.2) is 0 Å². The first-order chi connectivity index (χ1) is 8.27. The average Bonchev–Trinajstić information content (AvgIpc) is 2.80. The Morgan fingerprint density at radius 3 is 2.59 bits per heavy atom. The van der Waals surface area contributed by atoms with Crippen LogP contribution < -0.4 is 4.90 Å². The number of ether oxygens (including phenoxy) is 1. The number of nitrogens with zero attached hydrogens (tertiary/aromatic N) is 3. The van der Waals surface area contributed by atoms with E-state index in [4.69, 9.17) is 4.74 Å². The van der Waals surface area contributed by atoms with Crippen LogP contribution in [-0.2, 0) is 4.74 Å². The highest BCUT2D eigenvalue weighted by molar-refractivity contribution is 9.10. The van der Waals surface area contributed by atoms with Crippen LogP contribution in [0, 0.1) is 5.41 Å². The van der Waals surface area contributed by atoms with Gasteiger partial charge in [0.05, 0.1) is 19.0 Å². The van der Waals surface area contributed by atoms with E-state index in [1.54, 1.807) is 6.20 Å². The van der Waals surface area contributed by atoms with Crippen molar-refractivity contribution < 1.29 is 4.74 Å². The summed E-state index contributed by atoms with van der Waals surface area (Å²) in [5.74, 6) is 0.988. The molecule has 2 aliphatic rings. The smallest absolute Gasteiger partial charge is 0.147 e. The van der Waals surface area contributed by atoms with Gasteiger partial charge < -0.3 is 9.64 Å². The predicted molar refractivity (Wildman–Crippen MR) is 69.0 cm³/mol. The summed E-state index contributed by atoms with van der Waals surface area (Å²) in [6, 6.07) is 0. The number of rotatable bonds is 1. The number of anilines is 1. The van der Waals surface area contributed by atoms with E-state index in [0.29, 0.717) is 5.41 Å². The highest BCUT2D eigenvalue weighted by Gasteiger charge is 2.38. The molecule has 2 aliphatic heterocycles. The molecule has 0 aromatic carbocycles. The van der Waals surface area contributed by atoms with E-state index < -0.39 is 0 Å². The van der Waals surface area contributed by atoms with E-state index in [0.717, 1.165) is 36.7 Å². The molecule has 1 spiro atoms. The van der Waals surface area contributed by atoms with Crippen molar-refractivity contribution in [1.29, 1.82) is 0 Å². The average molecular weight is 298 g/mol. The van der Waals surface area contributed by atoms with Crippen molar-refractivity contribution >= 4 is 21.7 Å². The molecule has 0 aliphatic carbocycles. The van der Waals surface area contributed by atoms with Gasteiger partial charge in [-0.05, 0) is 40.6 Å². The van der Waals surface area contributed by atoms with Crippen LogP contribution in [0.4, 0.5) is 5.82 Å². The molecular weight excluding hydrogens is 282 g/mol. The lowest BCUT2D eigenvalue weighted by Crippen LogP contribution is -2.40. The molecule has 5 heteroatoms. The normalized spacial score (nSPS) is 23.2. The maximum Gasteiger partial charge on any atom is 0.147 e. The molecular formula is C12H16BrN3O. The molecule has 92 valence electrons. The molecule has 3 heterocycles. The zero-order valence-electron chi connectivity index (χ0n) is 9.73. The number of hydrogen-bond donors (Lipinski definition) is 0. The lowest BCUT2D eigenvalue weighted by molar-refractivity contribution is 0.133. The topological polar surface area (TPSA) is 38.2 Å². The van der Waals surface area contributed by atoms with Crippen LogP contribution >= 0.6 is 15.9 Å². The summed E-state index contributed by atoms with van der Waals surface area (Å²) in [7, 11) is 0. The van der Waals surface area contributed by atoms with E-state index in [9.17, 15) is 0 Å². The fourth-order valence-corrected chi connectivity index (χ4v) is 2.93. The summed E-state index contributed by atoms with van der Waals surface area (Å²) in [6.07, 6.45) is 7.26. The van der Waals surface area contributed by atoms with Crippen LogP contribution in [0.15, 0.2) is 17.0 Å². The van der Waals surface area contributed by atoms with Crippen molar-refractivity contribution in [2.75, 3.05) is 31.2 Å². The Morgan fingerprint density at radius 2 is 2.00 bits per heavy atom. The molecule has 4 nitrogen and oxygen atoms in total. The number of halogens is 1. The molecule has 0 saturated carbocycles. The van der Waals surface area contributed by atoms with Crippen molar-refractivity contribution in [1.82, 2.24) is 9.97 Å². The zero-order chi connectivity index (χ0) is 11.7. The maximum absolute atomic E-state index is 5.54. The first-order valence-corrected chi connectivity index (χ1v) is 6.87. The Hall–Kier alpha value is -0.680. The molecule has 3 rings (SSSR count). The highest BCUT2D eigenvalue weighted by atomic mass is 79.9. The quantitative estimate of drug-likeness (QED) is 0.797. The first kappa shape index (κ1) is 11.4. The van der Waals surface area contributed by atoms with Crippen molar-refractivity contribution in [2.24, 2.45) is 5.41 Å². The molecule has 1 aromatic heterocycles. The Bertz CT molecular complexity index is 379. The van der Waals surface area contributed by atoms with Gasteiger partial charge in [0.2, 0.25) is 0 Å². The second-order valence-electron chi connectivity index (χ2n) is 4.99. The Labute approximate surface area is 110 Å². The minimum atomic E-state index is 0.458. The second-order valence-corrected chi connectivity index (χ2v) is 5.80. The van der Waals surface area contributed by atoms with E-state index in [1.165, 1.54) is 19.3 Å². The Balaban J connectivity index is 1.66. The molecule has 17 heavy (non-hydrogen) atoms.